The third-order valence-electron chi connectivity index (χ3n) is 5.85. The van der Waals surface area contributed by atoms with E-state index in [0.29, 0.717) is 27.7 Å². The fourth-order valence-corrected chi connectivity index (χ4v) is 3.98. The number of carbonyl (C=O) groups excluding carboxylic acids is 1. The van der Waals surface area contributed by atoms with Crippen molar-refractivity contribution < 1.29 is 19.4 Å². The van der Waals surface area contributed by atoms with Gasteiger partial charge in [-0.1, -0.05) is 60.7 Å². The number of hydrazone groups is 1. The molecule has 40 heavy (non-hydrogen) atoms. The minimum atomic E-state index is -0.755. The lowest BCUT2D eigenvalue weighted by Gasteiger charge is -2.09. The van der Waals surface area contributed by atoms with Gasteiger partial charge in [-0.15, -0.1) is 0 Å². The van der Waals surface area contributed by atoms with E-state index in [-0.39, 0.29) is 11.5 Å². The number of benzene rings is 4. The zero-order valence-electron chi connectivity index (χ0n) is 20.6. The summed E-state index contributed by atoms with van der Waals surface area (Å²) >= 11 is 0. The normalized spacial score (nSPS) is 10.9. The van der Waals surface area contributed by atoms with Crippen molar-refractivity contribution >= 4 is 34.4 Å². The highest BCUT2D eigenvalue weighted by molar-refractivity contribution is 6.07. The number of para-hydroxylation sites is 1. The van der Waals surface area contributed by atoms with Gasteiger partial charge in [0.1, 0.15) is 5.75 Å². The second kappa shape index (κ2) is 11.2. The first-order chi connectivity index (χ1) is 19.4. The monoisotopic (exact) mass is 533 g/mol. The van der Waals surface area contributed by atoms with Gasteiger partial charge in [0.25, 0.3) is 11.6 Å². The summed E-state index contributed by atoms with van der Waals surface area (Å²) in [5.74, 6) is -0.349. The number of nitrogens with one attached hydrogen (secondary N) is 1. The van der Waals surface area contributed by atoms with Crippen LogP contribution in [0.15, 0.2) is 108 Å². The summed E-state index contributed by atoms with van der Waals surface area (Å²) in [6.45, 7) is 0. The molecule has 5 rings (SSSR count). The van der Waals surface area contributed by atoms with Gasteiger partial charge in [-0.05, 0) is 35.9 Å². The van der Waals surface area contributed by atoms with Gasteiger partial charge < -0.3 is 4.74 Å². The molecule has 0 aliphatic heterocycles. The lowest BCUT2D eigenvalue weighted by atomic mass is 10.0. The summed E-state index contributed by atoms with van der Waals surface area (Å²) < 4.78 is 5.63. The highest BCUT2D eigenvalue weighted by Gasteiger charge is 2.21. The van der Waals surface area contributed by atoms with E-state index in [1.165, 1.54) is 12.3 Å². The number of hydrogen-bond donors (Lipinski definition) is 1. The van der Waals surface area contributed by atoms with Crippen LogP contribution in [0.5, 0.6) is 11.5 Å². The smallest absolute Gasteiger partial charge is 0.318 e. The molecule has 0 atom stereocenters. The number of aromatic nitrogens is 1. The number of amides is 1. The van der Waals surface area contributed by atoms with E-state index in [0.717, 1.165) is 17.7 Å². The lowest BCUT2D eigenvalue weighted by Crippen LogP contribution is -2.18. The maximum Gasteiger partial charge on any atom is 0.318 e. The SMILES string of the molecule is O=C(N/N=C\c1cccc(Oc2ccc([N+](=O)[O-])cc2[N+](=O)[O-])c1)c1cc(-c2ccccc2)nc2ccccc12. The topological polar surface area (TPSA) is 150 Å². The molecule has 1 N–H and O–H groups in total. The number of ether oxygens (including phenoxy) is 1. The summed E-state index contributed by atoms with van der Waals surface area (Å²) in [7, 11) is 0. The lowest BCUT2D eigenvalue weighted by molar-refractivity contribution is -0.394. The number of carbonyl (C=O) groups is 1. The standard InChI is InChI=1S/C29H19N5O6/c35-29(24-17-26(20-8-2-1-3-9-20)31-25-12-5-4-11-23(24)25)32-30-18-19-7-6-10-22(15-19)40-28-14-13-21(33(36)37)16-27(28)34(38)39/h1-18H,(H,32,35)/b30-18-. The van der Waals surface area contributed by atoms with Crippen molar-refractivity contribution in [2.75, 3.05) is 0 Å². The minimum Gasteiger partial charge on any atom is -0.450 e. The second-order valence-electron chi connectivity index (χ2n) is 8.48. The van der Waals surface area contributed by atoms with E-state index in [2.05, 4.69) is 15.5 Å². The Morgan fingerprint density at radius 1 is 0.850 bits per heavy atom. The van der Waals surface area contributed by atoms with Crippen molar-refractivity contribution in [1.82, 2.24) is 10.4 Å². The molecule has 0 fully saturated rings. The average molecular weight is 534 g/mol. The van der Waals surface area contributed by atoms with E-state index in [1.807, 2.05) is 54.6 Å². The van der Waals surface area contributed by atoms with Gasteiger partial charge >= 0.3 is 5.69 Å². The predicted molar refractivity (Wildman–Crippen MR) is 149 cm³/mol. The Balaban J connectivity index is 1.35. The number of pyridine rings is 1. The van der Waals surface area contributed by atoms with Crippen LogP contribution in [-0.2, 0) is 0 Å². The zero-order valence-corrected chi connectivity index (χ0v) is 20.6. The molecule has 1 aromatic heterocycles. The van der Waals surface area contributed by atoms with Crippen LogP contribution in [0.1, 0.15) is 15.9 Å². The number of rotatable bonds is 8. The summed E-state index contributed by atoms with van der Waals surface area (Å²) in [5.41, 5.74) is 4.71. The summed E-state index contributed by atoms with van der Waals surface area (Å²) in [6, 6.07) is 28.1. The van der Waals surface area contributed by atoms with Gasteiger partial charge in [0.2, 0.25) is 5.75 Å². The maximum absolute atomic E-state index is 13.1. The van der Waals surface area contributed by atoms with E-state index in [9.17, 15) is 25.0 Å². The van der Waals surface area contributed by atoms with Crippen molar-refractivity contribution in [3.63, 3.8) is 0 Å². The Kier molecular flexibility index (Phi) is 7.18. The molecule has 0 spiro atoms. The van der Waals surface area contributed by atoms with E-state index < -0.39 is 27.1 Å². The Morgan fingerprint density at radius 2 is 1.62 bits per heavy atom. The number of nitrogens with zero attached hydrogens (tertiary/aromatic N) is 4. The quantitative estimate of drug-likeness (QED) is 0.140. The highest BCUT2D eigenvalue weighted by atomic mass is 16.6. The molecule has 0 saturated heterocycles. The first-order valence-electron chi connectivity index (χ1n) is 11.9. The van der Waals surface area contributed by atoms with Crippen molar-refractivity contribution in [1.29, 1.82) is 0 Å². The largest absolute Gasteiger partial charge is 0.450 e. The molecule has 0 saturated carbocycles. The van der Waals surface area contributed by atoms with Gasteiger partial charge in [0.15, 0.2) is 0 Å². The fraction of sp³-hybridized carbons (Fsp3) is 0. The van der Waals surface area contributed by atoms with Crippen LogP contribution in [0.4, 0.5) is 11.4 Å². The number of non-ortho nitro benzene ring substituents is 1. The van der Waals surface area contributed by atoms with E-state index in [1.54, 1.807) is 30.3 Å². The van der Waals surface area contributed by atoms with Crippen LogP contribution in [0.2, 0.25) is 0 Å². The Labute approximate surface area is 226 Å². The number of nitro benzene ring substituents is 2. The number of fused-ring (bicyclic) bond motifs is 1. The maximum atomic E-state index is 13.1. The second-order valence-corrected chi connectivity index (χ2v) is 8.48. The molecule has 0 aliphatic rings. The molecule has 196 valence electrons. The highest BCUT2D eigenvalue weighted by Crippen LogP contribution is 2.34. The van der Waals surface area contributed by atoms with Crippen molar-refractivity contribution in [3.8, 4) is 22.8 Å². The zero-order chi connectivity index (χ0) is 28.1. The Morgan fingerprint density at radius 3 is 2.40 bits per heavy atom. The Hall–Kier alpha value is -5.97. The van der Waals surface area contributed by atoms with Crippen LogP contribution in [0.25, 0.3) is 22.2 Å². The van der Waals surface area contributed by atoms with Gasteiger partial charge in [0, 0.05) is 17.0 Å². The van der Waals surface area contributed by atoms with E-state index >= 15 is 0 Å². The first kappa shape index (κ1) is 25.7. The predicted octanol–water partition coefficient (Wildman–Crippen LogP) is 6.27. The molecule has 11 heteroatoms. The third-order valence-corrected chi connectivity index (χ3v) is 5.85. The summed E-state index contributed by atoms with van der Waals surface area (Å²) in [5, 5.41) is 27.1. The van der Waals surface area contributed by atoms with Crippen LogP contribution >= 0.6 is 0 Å². The minimum absolute atomic E-state index is 0.156. The molecule has 0 unspecified atom stereocenters. The van der Waals surface area contributed by atoms with Crippen molar-refractivity contribution in [2.24, 2.45) is 5.10 Å². The van der Waals surface area contributed by atoms with Gasteiger partial charge in [0.05, 0.1) is 38.9 Å². The van der Waals surface area contributed by atoms with Gasteiger partial charge in [-0.2, -0.15) is 5.10 Å². The summed E-state index contributed by atoms with van der Waals surface area (Å²) in [6.07, 6.45) is 1.40. The number of nitro groups is 2. The molecule has 0 radical (unpaired) electrons. The van der Waals surface area contributed by atoms with Gasteiger partial charge in [-0.3, -0.25) is 25.0 Å². The molecule has 11 nitrogen and oxygen atoms in total. The van der Waals surface area contributed by atoms with Crippen LogP contribution in [0.3, 0.4) is 0 Å². The molecule has 5 aromatic rings. The number of hydrogen-bond acceptors (Lipinski definition) is 8. The molecular weight excluding hydrogens is 514 g/mol. The molecule has 0 aliphatic carbocycles. The van der Waals surface area contributed by atoms with E-state index in [4.69, 9.17) is 4.74 Å². The average Bonchev–Trinajstić information content (AvgIpc) is 2.97. The van der Waals surface area contributed by atoms with Crippen molar-refractivity contribution in [3.05, 3.63) is 134 Å². The van der Waals surface area contributed by atoms with Crippen LogP contribution in [0, 0.1) is 20.2 Å². The molecule has 4 aromatic carbocycles. The van der Waals surface area contributed by atoms with Crippen LogP contribution < -0.4 is 10.2 Å². The van der Waals surface area contributed by atoms with Crippen LogP contribution in [-0.4, -0.2) is 27.0 Å². The molecule has 1 amide bonds. The first-order valence-corrected chi connectivity index (χ1v) is 11.9. The Bertz CT molecular complexity index is 1790. The molecular formula is C29H19N5O6. The third kappa shape index (κ3) is 5.63. The molecule has 1 heterocycles. The summed E-state index contributed by atoms with van der Waals surface area (Å²) in [4.78, 5) is 38.7. The van der Waals surface area contributed by atoms with Gasteiger partial charge in [-0.25, -0.2) is 10.4 Å². The molecule has 0 bridgehead atoms. The van der Waals surface area contributed by atoms with Crippen molar-refractivity contribution in [2.45, 2.75) is 0 Å². The fourth-order valence-electron chi connectivity index (χ4n) is 3.98.